The van der Waals surface area contributed by atoms with Gasteiger partial charge in [-0.3, -0.25) is 0 Å². The number of hydrogen-bond donors (Lipinski definition) is 1. The number of hydrogen-bond acceptors (Lipinski definition) is 3. The Labute approximate surface area is 122 Å². The summed E-state index contributed by atoms with van der Waals surface area (Å²) < 4.78 is 23.3. The highest BCUT2D eigenvalue weighted by Gasteiger charge is 2.33. The molecule has 2 unspecified atom stereocenters. The van der Waals surface area contributed by atoms with Crippen molar-refractivity contribution in [2.24, 2.45) is 5.92 Å². The lowest BCUT2D eigenvalue weighted by Gasteiger charge is -2.24. The molecule has 2 atom stereocenters. The Morgan fingerprint density at radius 1 is 1.25 bits per heavy atom. The van der Waals surface area contributed by atoms with Crippen LogP contribution in [0.1, 0.15) is 28.7 Å². The SMILES string of the molecule is CNC(Cc1c(C)cc(C)cc1C)C1CCS(=O)(=O)C1. The molecule has 3 nitrogen and oxygen atoms in total. The maximum atomic E-state index is 11.7. The Morgan fingerprint density at radius 2 is 1.85 bits per heavy atom. The molecule has 0 aromatic heterocycles. The number of likely N-dealkylation sites (N-methyl/N-ethyl adjacent to an activating group) is 1. The molecule has 1 aromatic rings. The number of nitrogens with one attached hydrogen (secondary N) is 1. The highest BCUT2D eigenvalue weighted by molar-refractivity contribution is 7.91. The molecule has 2 rings (SSSR count). The van der Waals surface area contributed by atoms with Gasteiger partial charge in [-0.25, -0.2) is 8.42 Å². The van der Waals surface area contributed by atoms with Crippen molar-refractivity contribution < 1.29 is 8.42 Å². The van der Waals surface area contributed by atoms with Gasteiger partial charge in [0.25, 0.3) is 0 Å². The normalized spacial score (nSPS) is 22.9. The lowest BCUT2D eigenvalue weighted by Crippen LogP contribution is -2.36. The highest BCUT2D eigenvalue weighted by Crippen LogP contribution is 2.26. The van der Waals surface area contributed by atoms with Crippen LogP contribution in [-0.4, -0.2) is 33.0 Å². The molecule has 0 radical (unpaired) electrons. The van der Waals surface area contributed by atoms with Crippen LogP contribution < -0.4 is 5.32 Å². The van der Waals surface area contributed by atoms with Crippen LogP contribution in [0, 0.1) is 26.7 Å². The summed E-state index contributed by atoms with van der Waals surface area (Å²) in [4.78, 5) is 0. The first kappa shape index (κ1) is 15.5. The lowest BCUT2D eigenvalue weighted by atomic mass is 9.88. The lowest BCUT2D eigenvalue weighted by molar-refractivity contribution is 0.402. The smallest absolute Gasteiger partial charge is 0.150 e. The first-order valence-electron chi connectivity index (χ1n) is 7.27. The van der Waals surface area contributed by atoms with Crippen LogP contribution in [0.15, 0.2) is 12.1 Å². The van der Waals surface area contributed by atoms with Gasteiger partial charge in [-0.15, -0.1) is 0 Å². The molecule has 0 spiro atoms. The molecule has 1 fully saturated rings. The topological polar surface area (TPSA) is 46.2 Å². The predicted octanol–water partition coefficient (Wildman–Crippen LogP) is 2.18. The number of aryl methyl sites for hydroxylation is 3. The minimum atomic E-state index is -2.81. The van der Waals surface area contributed by atoms with E-state index in [1.54, 1.807) is 0 Å². The first-order chi connectivity index (χ1) is 9.32. The molecular weight excluding hydrogens is 270 g/mol. The van der Waals surface area contributed by atoms with Crippen molar-refractivity contribution >= 4 is 9.84 Å². The van der Waals surface area contributed by atoms with Crippen LogP contribution in [0.2, 0.25) is 0 Å². The third-order valence-electron chi connectivity index (χ3n) is 4.47. The molecule has 0 saturated carbocycles. The van der Waals surface area contributed by atoms with Crippen molar-refractivity contribution in [1.29, 1.82) is 0 Å². The van der Waals surface area contributed by atoms with E-state index < -0.39 is 9.84 Å². The zero-order valence-electron chi connectivity index (χ0n) is 12.9. The first-order valence-corrected chi connectivity index (χ1v) is 9.09. The van der Waals surface area contributed by atoms with E-state index in [1.165, 1.54) is 22.3 Å². The number of benzene rings is 1. The maximum Gasteiger partial charge on any atom is 0.150 e. The fourth-order valence-electron chi connectivity index (χ4n) is 3.40. The van der Waals surface area contributed by atoms with Gasteiger partial charge in [-0.05, 0) is 63.3 Å². The average molecular weight is 295 g/mol. The van der Waals surface area contributed by atoms with Gasteiger partial charge in [0.05, 0.1) is 11.5 Å². The summed E-state index contributed by atoms with van der Waals surface area (Å²) in [5.74, 6) is 0.926. The van der Waals surface area contributed by atoms with Crippen LogP contribution in [0.3, 0.4) is 0 Å². The van der Waals surface area contributed by atoms with Gasteiger partial charge >= 0.3 is 0 Å². The van der Waals surface area contributed by atoms with Crippen molar-refractivity contribution in [1.82, 2.24) is 5.32 Å². The molecule has 4 heteroatoms. The van der Waals surface area contributed by atoms with Crippen LogP contribution in [0.4, 0.5) is 0 Å². The maximum absolute atomic E-state index is 11.7. The molecule has 0 bridgehead atoms. The van der Waals surface area contributed by atoms with E-state index >= 15 is 0 Å². The molecule has 1 heterocycles. The Balaban J connectivity index is 2.19. The second-order valence-electron chi connectivity index (χ2n) is 6.14. The Bertz CT molecular complexity index is 569. The van der Waals surface area contributed by atoms with Crippen LogP contribution in [0.5, 0.6) is 0 Å². The molecule has 0 aliphatic carbocycles. The van der Waals surface area contributed by atoms with E-state index in [-0.39, 0.29) is 12.0 Å². The van der Waals surface area contributed by atoms with Crippen molar-refractivity contribution in [3.63, 3.8) is 0 Å². The van der Waals surface area contributed by atoms with Crippen LogP contribution in [-0.2, 0) is 16.3 Å². The molecule has 0 amide bonds. The van der Waals surface area contributed by atoms with Gasteiger partial charge < -0.3 is 5.32 Å². The molecule has 1 N–H and O–H groups in total. The summed E-state index contributed by atoms with van der Waals surface area (Å²) in [7, 11) is -0.871. The van der Waals surface area contributed by atoms with E-state index in [4.69, 9.17) is 0 Å². The number of sulfone groups is 1. The van der Waals surface area contributed by atoms with Crippen molar-refractivity contribution in [3.05, 3.63) is 34.4 Å². The summed E-state index contributed by atoms with van der Waals surface area (Å²) in [6.07, 6.45) is 1.70. The molecule has 112 valence electrons. The standard InChI is InChI=1S/C16H25NO2S/c1-11-7-12(2)15(13(3)8-11)9-16(17-4)14-5-6-20(18,19)10-14/h7-8,14,16-17H,5-6,9-10H2,1-4H3. The van der Waals surface area contributed by atoms with Gasteiger partial charge in [0, 0.05) is 6.04 Å². The Kier molecular flexibility index (Phi) is 4.55. The quantitative estimate of drug-likeness (QED) is 0.926. The van der Waals surface area contributed by atoms with Gasteiger partial charge in [0.1, 0.15) is 0 Å². The largest absolute Gasteiger partial charge is 0.316 e. The van der Waals surface area contributed by atoms with Gasteiger partial charge in [-0.1, -0.05) is 17.7 Å². The third kappa shape index (κ3) is 3.41. The monoisotopic (exact) mass is 295 g/mol. The molecular formula is C16H25NO2S. The van der Waals surface area contributed by atoms with Crippen molar-refractivity contribution in [2.45, 2.75) is 39.7 Å². The Hall–Kier alpha value is -0.870. The molecule has 1 aromatic carbocycles. The van der Waals surface area contributed by atoms with E-state index in [9.17, 15) is 8.42 Å². The van der Waals surface area contributed by atoms with Crippen LogP contribution >= 0.6 is 0 Å². The number of rotatable bonds is 4. The molecule has 1 aliphatic heterocycles. The van der Waals surface area contributed by atoms with E-state index in [0.29, 0.717) is 11.5 Å². The van der Waals surface area contributed by atoms with E-state index in [1.807, 2.05) is 7.05 Å². The predicted molar refractivity (Wildman–Crippen MR) is 84.0 cm³/mol. The third-order valence-corrected chi connectivity index (χ3v) is 6.27. The van der Waals surface area contributed by atoms with Gasteiger partial charge in [0.15, 0.2) is 9.84 Å². The second kappa shape index (κ2) is 5.86. The van der Waals surface area contributed by atoms with E-state index in [2.05, 4.69) is 38.2 Å². The summed E-state index contributed by atoms with van der Waals surface area (Å²) >= 11 is 0. The Morgan fingerprint density at radius 3 is 2.30 bits per heavy atom. The molecule has 20 heavy (non-hydrogen) atoms. The molecule has 1 saturated heterocycles. The minimum Gasteiger partial charge on any atom is -0.316 e. The molecule has 1 aliphatic rings. The zero-order chi connectivity index (χ0) is 14.9. The van der Waals surface area contributed by atoms with Gasteiger partial charge in [0.2, 0.25) is 0 Å². The zero-order valence-corrected chi connectivity index (χ0v) is 13.7. The van der Waals surface area contributed by atoms with Gasteiger partial charge in [-0.2, -0.15) is 0 Å². The summed E-state index contributed by atoms with van der Waals surface area (Å²) in [6, 6.07) is 4.66. The van der Waals surface area contributed by atoms with Crippen LogP contribution in [0.25, 0.3) is 0 Å². The van der Waals surface area contributed by atoms with Crippen molar-refractivity contribution in [2.75, 3.05) is 18.6 Å². The summed E-state index contributed by atoms with van der Waals surface area (Å²) in [5, 5.41) is 3.33. The van der Waals surface area contributed by atoms with E-state index in [0.717, 1.165) is 12.8 Å². The minimum absolute atomic E-state index is 0.241. The fraction of sp³-hybridized carbons (Fsp3) is 0.625. The fourth-order valence-corrected chi connectivity index (χ4v) is 5.28. The van der Waals surface area contributed by atoms with Crippen molar-refractivity contribution in [3.8, 4) is 0 Å². The average Bonchev–Trinajstić information content (AvgIpc) is 2.68. The summed E-state index contributed by atoms with van der Waals surface area (Å²) in [6.45, 7) is 6.41. The summed E-state index contributed by atoms with van der Waals surface area (Å²) in [5.41, 5.74) is 5.26. The second-order valence-corrected chi connectivity index (χ2v) is 8.37. The highest BCUT2D eigenvalue weighted by atomic mass is 32.2.